The maximum absolute atomic E-state index is 14.6. The number of aromatic amines is 8. The molecule has 21 heteroatoms. The van der Waals surface area contributed by atoms with E-state index in [4.69, 9.17) is 18.9 Å². The third kappa shape index (κ3) is 16.4. The molecule has 17 aromatic rings. The van der Waals surface area contributed by atoms with Gasteiger partial charge in [-0.1, -0.05) is 91.8 Å². The molecule has 0 spiro atoms. The number of thiazole rings is 1. The highest BCUT2D eigenvalue weighted by Gasteiger charge is 2.35. The van der Waals surface area contributed by atoms with Gasteiger partial charge < -0.3 is 63.9 Å². The van der Waals surface area contributed by atoms with Crippen LogP contribution in [0.15, 0.2) is 176 Å². The monoisotopic (exact) mass is 1820 g/mol. The summed E-state index contributed by atoms with van der Waals surface area (Å²) in [7, 11) is 0. The lowest BCUT2D eigenvalue weighted by molar-refractivity contribution is -0.0796. The molecule has 24 rings (SSSR count). The van der Waals surface area contributed by atoms with Gasteiger partial charge in [0.2, 0.25) is 0 Å². The molecule has 0 unspecified atom stereocenters. The van der Waals surface area contributed by atoms with Crippen LogP contribution in [-0.2, 0) is 30.4 Å². The van der Waals surface area contributed by atoms with E-state index in [9.17, 15) is 27.5 Å². The van der Waals surface area contributed by atoms with Crippen LogP contribution in [0.4, 0.5) is 17.6 Å². The van der Waals surface area contributed by atoms with Gasteiger partial charge in [-0.2, -0.15) is 0 Å². The highest BCUT2D eigenvalue weighted by Crippen LogP contribution is 2.53. The zero-order valence-corrected chi connectivity index (χ0v) is 78.4. The lowest BCUT2D eigenvalue weighted by atomic mass is 9.87. The minimum atomic E-state index is -1.07. The Bertz CT molecular complexity index is 7660. The van der Waals surface area contributed by atoms with Crippen molar-refractivity contribution in [2.24, 2.45) is 0 Å². The Hall–Kier alpha value is -13.9. The van der Waals surface area contributed by atoms with Crippen molar-refractivity contribution >= 4 is 90.8 Å². The summed E-state index contributed by atoms with van der Waals surface area (Å²) in [4.78, 5) is 48.3. The summed E-state index contributed by atoms with van der Waals surface area (Å²) in [6.07, 6.45) is 38.8. The second-order valence-electron chi connectivity index (χ2n) is 38.2. The molecule has 10 aromatic heterocycles. The van der Waals surface area contributed by atoms with Gasteiger partial charge in [-0.05, 0) is 313 Å². The minimum Gasteiger partial charge on any atom is -0.490 e. The first-order valence-corrected chi connectivity index (χ1v) is 48.2. The molecular weight excluding hydrogens is 1710 g/mol. The number of carboxylic acids is 1. The standard InChI is InChI=1S/C30H31FN2O.C29H29FN2O.C28H25FN2O4.C27H23FN4S/c1-17(2)28-29(18(3)33-30(28)26-14-20(31)15-27-24(26)11-12-32-27)25-16-22(34-21-8-4-5-9-21)13-19-7-6-10-23(19)25;1-16(2)27-28(17(3)32-29(27)25-13-19(30)14-26-23(25)10-11-31-26)24-15-21(33-20-7-5-8-20)12-18-6-4-9-22(18)24;1-14(2)24-25(21-11-17(35-18-12-34-13-18)8-15-4-3-5-19(15)21)27(28(32)33)31-26(24)22-9-16(29)10-23-20(22)6-7-30-23;1-14(2)24-25(15(3)32-26(24)21-12-17(28)13-23-18(21)4-6-30-23)19-5-7-29-22-11-16(10-20(19)22)27-31-8-9-33-27/h6,10-17,21,32-33H,4-5,7-9H2,1-3H3;4,9-16,20,31-32H,5-8H2,1-3H3;3,5-11,14,18,30-31H,4,12-13H2,1-2H3,(H,32,33);4-10,12-14,30,32H,11H2,1-3H3. The van der Waals surface area contributed by atoms with Crippen molar-refractivity contribution in [3.63, 3.8) is 0 Å². The normalized spacial score (nSPS) is 14.9. The van der Waals surface area contributed by atoms with E-state index in [2.05, 4.69) is 179 Å². The quantitative estimate of drug-likeness (QED) is 0.0333. The van der Waals surface area contributed by atoms with Gasteiger partial charge in [0.15, 0.2) is 0 Å². The summed E-state index contributed by atoms with van der Waals surface area (Å²) in [5.41, 5.74) is 37.2. The first-order valence-electron chi connectivity index (χ1n) is 47.3. The first-order chi connectivity index (χ1) is 65.4. The van der Waals surface area contributed by atoms with Crippen LogP contribution in [0.25, 0.3) is 163 Å². The predicted octanol–water partition coefficient (Wildman–Crippen LogP) is 29.7. The second kappa shape index (κ2) is 35.8. The number of carboxylic acid groups (broad SMARTS) is 1. The molecule has 6 aliphatic carbocycles. The number of ether oxygens (including phenoxy) is 4. The third-order valence-corrected chi connectivity index (χ3v) is 28.7. The Balaban J connectivity index is 0.000000108. The fourth-order valence-corrected chi connectivity index (χ4v) is 22.3. The molecule has 0 radical (unpaired) electrons. The summed E-state index contributed by atoms with van der Waals surface area (Å²) in [5.74, 6) is 1.19. The number of halogens is 4. The van der Waals surface area contributed by atoms with Gasteiger partial charge in [-0.15, -0.1) is 11.3 Å². The van der Waals surface area contributed by atoms with Crippen LogP contribution in [0.1, 0.15) is 223 Å². The molecule has 1 aliphatic heterocycles. The Morgan fingerprint density at radius 1 is 0.422 bits per heavy atom. The molecular formula is C114H108F4N10O6S. The number of aromatic nitrogens is 10. The largest absolute Gasteiger partial charge is 0.490 e. The molecule has 11 heterocycles. The fraction of sp³-hybridized carbons (Fsp3) is 0.272. The van der Waals surface area contributed by atoms with Crippen LogP contribution < -0.4 is 14.2 Å². The van der Waals surface area contributed by atoms with Crippen LogP contribution in [0.2, 0.25) is 0 Å². The molecule has 135 heavy (non-hydrogen) atoms. The smallest absolute Gasteiger partial charge is 0.352 e. The van der Waals surface area contributed by atoms with E-state index in [1.165, 1.54) is 104 Å². The lowest BCUT2D eigenvalue weighted by Gasteiger charge is -2.27. The van der Waals surface area contributed by atoms with E-state index in [0.717, 1.165) is 196 Å². The molecule has 3 fully saturated rings. The maximum Gasteiger partial charge on any atom is 0.352 e. The van der Waals surface area contributed by atoms with E-state index in [1.807, 2.05) is 92.7 Å². The predicted molar refractivity (Wildman–Crippen MR) is 538 cm³/mol. The SMILES string of the molecule is CC(C)c1c(-c2cc(F)cc3[nH]ccc23)[nH]c(C(=O)O)c1-c1cc(OC2COC2)cc2c1C=CC2.Cc1[nH]c(-c2cc(F)cc3[nH]ccc23)c(C(C)C)c1-c1cc(OC2CCC2)cc2c1C=CC2.Cc1[nH]c(-c2cc(F)cc3[nH]ccc23)c(C(C)C)c1-c1cc(OC2CCCC2)cc2c1C=CC2.Cc1[nH]c(-c2cc(F)cc3[nH]ccc23)c(C(C)C)c1-c1ccnc2c1C=C(c1nccs1)C2. The molecule has 7 aromatic carbocycles. The zero-order valence-electron chi connectivity index (χ0n) is 77.6. The van der Waals surface area contributed by atoms with Gasteiger partial charge >= 0.3 is 5.97 Å². The molecule has 0 atom stereocenters. The maximum atomic E-state index is 14.6. The van der Waals surface area contributed by atoms with Crippen molar-refractivity contribution in [3.05, 3.63) is 294 Å². The van der Waals surface area contributed by atoms with Crippen molar-refractivity contribution in [3.8, 4) is 107 Å². The number of hydrogen-bond donors (Lipinski definition) is 9. The van der Waals surface area contributed by atoms with E-state index in [0.29, 0.717) is 53.5 Å². The number of aromatic carboxylic acids is 1. The summed E-state index contributed by atoms with van der Waals surface area (Å²) in [5, 5.41) is 17.2. The molecule has 1 saturated heterocycles. The van der Waals surface area contributed by atoms with Crippen LogP contribution >= 0.6 is 11.3 Å². The molecule has 0 amide bonds. The average molecular weight is 1820 g/mol. The Morgan fingerprint density at radius 2 is 0.793 bits per heavy atom. The molecule has 9 N–H and O–H groups in total. The zero-order chi connectivity index (χ0) is 93.0. The second-order valence-corrected chi connectivity index (χ2v) is 39.1. The van der Waals surface area contributed by atoms with Gasteiger partial charge in [0, 0.05) is 160 Å². The van der Waals surface area contributed by atoms with Crippen molar-refractivity contribution in [1.82, 2.24) is 49.8 Å². The van der Waals surface area contributed by atoms with Gasteiger partial charge in [-0.25, -0.2) is 27.3 Å². The number of nitrogens with one attached hydrogen (secondary N) is 8. The van der Waals surface area contributed by atoms with E-state index < -0.39 is 5.97 Å². The number of allylic oxidation sites excluding steroid dienone is 4. The molecule has 2 saturated carbocycles. The number of hydrogen-bond acceptors (Lipinski definition) is 8. The fourth-order valence-electron chi connectivity index (χ4n) is 21.6. The number of aryl methyl sites for hydroxylation is 3. The summed E-state index contributed by atoms with van der Waals surface area (Å²) in [6.45, 7) is 24.8. The van der Waals surface area contributed by atoms with Gasteiger partial charge in [0.25, 0.3) is 0 Å². The third-order valence-electron chi connectivity index (χ3n) is 27.8. The number of H-pyrrole nitrogens is 8. The molecule has 684 valence electrons. The van der Waals surface area contributed by atoms with Crippen LogP contribution in [0.5, 0.6) is 17.2 Å². The van der Waals surface area contributed by atoms with Gasteiger partial charge in [-0.3, -0.25) is 4.98 Å². The van der Waals surface area contributed by atoms with Crippen molar-refractivity contribution < 1.29 is 46.4 Å². The summed E-state index contributed by atoms with van der Waals surface area (Å²) >= 11 is 1.66. The van der Waals surface area contributed by atoms with Crippen molar-refractivity contribution in [2.45, 2.75) is 189 Å². The number of fused-ring (bicyclic) bond motifs is 8. The van der Waals surface area contributed by atoms with Crippen LogP contribution in [0.3, 0.4) is 0 Å². The van der Waals surface area contributed by atoms with Crippen molar-refractivity contribution in [1.29, 1.82) is 0 Å². The molecule has 16 nitrogen and oxygen atoms in total. The highest BCUT2D eigenvalue weighted by atomic mass is 32.1. The average Bonchev–Trinajstić information content (AvgIpc) is 1.60. The number of rotatable bonds is 20. The molecule has 0 bridgehead atoms. The first kappa shape index (κ1) is 87.7. The number of carbonyl (C=O) groups is 1. The topological polar surface area (TPSA) is 226 Å². The highest BCUT2D eigenvalue weighted by molar-refractivity contribution is 7.10. The number of nitrogens with zero attached hydrogens (tertiary/aromatic N) is 2. The summed E-state index contributed by atoms with van der Waals surface area (Å²) < 4.78 is 82.5. The van der Waals surface area contributed by atoms with E-state index in [1.54, 1.807) is 53.9 Å². The minimum absolute atomic E-state index is 0.00488. The van der Waals surface area contributed by atoms with Gasteiger partial charge in [0.1, 0.15) is 57.3 Å². The lowest BCUT2D eigenvalue weighted by Crippen LogP contribution is -2.38. The van der Waals surface area contributed by atoms with E-state index >= 15 is 0 Å². The summed E-state index contributed by atoms with van der Waals surface area (Å²) in [6, 6.07) is 35.4. The van der Waals surface area contributed by atoms with E-state index in [-0.39, 0.29) is 58.7 Å². The van der Waals surface area contributed by atoms with Crippen LogP contribution in [-0.4, -0.2) is 92.4 Å². The Kier molecular flexibility index (Phi) is 23.3. The molecule has 7 aliphatic rings. The Labute approximate surface area is 784 Å². The number of benzene rings is 7. The number of pyridine rings is 1. The Morgan fingerprint density at radius 3 is 1.15 bits per heavy atom. The van der Waals surface area contributed by atoms with Crippen LogP contribution in [0, 0.1) is 44.0 Å². The van der Waals surface area contributed by atoms with Gasteiger partial charge in [0.05, 0.1) is 53.9 Å². The van der Waals surface area contributed by atoms with Crippen molar-refractivity contribution in [2.75, 3.05) is 13.2 Å².